The number of aldehydes is 1. The van der Waals surface area contributed by atoms with E-state index in [1.165, 1.54) is 5.56 Å². The predicted molar refractivity (Wildman–Crippen MR) is 105 cm³/mol. The van der Waals surface area contributed by atoms with Gasteiger partial charge in [0.15, 0.2) is 0 Å². The van der Waals surface area contributed by atoms with E-state index in [0.29, 0.717) is 18.8 Å². The van der Waals surface area contributed by atoms with Crippen LogP contribution in [-0.2, 0) is 4.79 Å². The second-order valence-electron chi connectivity index (χ2n) is 7.17. The van der Waals surface area contributed by atoms with Crippen LogP contribution in [0.15, 0.2) is 43.0 Å². The van der Waals surface area contributed by atoms with Gasteiger partial charge in [-0.2, -0.15) is 0 Å². The number of rotatable bonds is 6. The van der Waals surface area contributed by atoms with E-state index >= 15 is 0 Å². The van der Waals surface area contributed by atoms with Gasteiger partial charge in [-0.3, -0.25) is 9.69 Å². The SMILES string of the molecule is C=CCCC(C=O)N1C(=O)c2cccc3c(C4CCNCC4)ccc1c23. The number of benzene rings is 2. The summed E-state index contributed by atoms with van der Waals surface area (Å²) in [6.45, 7) is 5.80. The molecule has 0 bridgehead atoms. The van der Waals surface area contributed by atoms with Crippen molar-refractivity contribution in [3.63, 3.8) is 0 Å². The third-order valence-electron chi connectivity index (χ3n) is 5.70. The first-order valence-electron chi connectivity index (χ1n) is 9.42. The van der Waals surface area contributed by atoms with Gasteiger partial charge in [-0.15, -0.1) is 6.58 Å². The standard InChI is InChI=1S/C22H24N2O2/c1-2-3-5-16(14-25)24-20-9-8-17(15-10-12-23-13-11-15)18-6-4-7-19(21(18)20)22(24)26/h2,4,6-9,14-16,23H,1,3,5,10-13H2. The molecular formula is C22H24N2O2. The van der Waals surface area contributed by atoms with Gasteiger partial charge in [0.1, 0.15) is 6.29 Å². The van der Waals surface area contributed by atoms with Crippen molar-refractivity contribution >= 4 is 28.7 Å². The van der Waals surface area contributed by atoms with Crippen molar-refractivity contribution in [3.05, 3.63) is 54.1 Å². The van der Waals surface area contributed by atoms with E-state index < -0.39 is 6.04 Å². The average molecular weight is 348 g/mol. The van der Waals surface area contributed by atoms with Gasteiger partial charge >= 0.3 is 0 Å². The van der Waals surface area contributed by atoms with Gasteiger partial charge in [0.25, 0.3) is 5.91 Å². The molecule has 0 spiro atoms. The van der Waals surface area contributed by atoms with E-state index in [-0.39, 0.29) is 5.91 Å². The number of allylic oxidation sites excluding steroid dienone is 1. The molecule has 1 amide bonds. The van der Waals surface area contributed by atoms with Crippen LogP contribution in [0.25, 0.3) is 10.8 Å². The Morgan fingerprint density at radius 3 is 2.77 bits per heavy atom. The normalized spacial score (nSPS) is 18.3. The predicted octanol–water partition coefficient (Wildman–Crippen LogP) is 3.80. The van der Waals surface area contributed by atoms with E-state index in [4.69, 9.17) is 0 Å². The molecule has 0 saturated carbocycles. The minimum Gasteiger partial charge on any atom is -0.317 e. The molecule has 1 saturated heterocycles. The molecule has 2 aliphatic rings. The number of nitrogens with zero attached hydrogens (tertiary/aromatic N) is 1. The molecule has 26 heavy (non-hydrogen) atoms. The first kappa shape index (κ1) is 17.0. The highest BCUT2D eigenvalue weighted by Gasteiger charge is 2.35. The third-order valence-corrected chi connectivity index (χ3v) is 5.70. The van der Waals surface area contributed by atoms with Crippen LogP contribution >= 0.6 is 0 Å². The molecule has 134 valence electrons. The van der Waals surface area contributed by atoms with E-state index in [1.54, 1.807) is 11.0 Å². The summed E-state index contributed by atoms with van der Waals surface area (Å²) in [7, 11) is 0. The molecule has 2 aromatic carbocycles. The highest BCUT2D eigenvalue weighted by atomic mass is 16.2. The molecule has 1 unspecified atom stereocenters. The summed E-state index contributed by atoms with van der Waals surface area (Å²) >= 11 is 0. The molecule has 1 N–H and O–H groups in total. The summed E-state index contributed by atoms with van der Waals surface area (Å²) in [5.74, 6) is 0.460. The van der Waals surface area contributed by atoms with Crippen LogP contribution in [-0.4, -0.2) is 31.3 Å². The number of amides is 1. The fourth-order valence-electron chi connectivity index (χ4n) is 4.39. The molecule has 0 aromatic heterocycles. The van der Waals surface area contributed by atoms with Crippen LogP contribution < -0.4 is 10.2 Å². The summed E-state index contributed by atoms with van der Waals surface area (Å²) in [4.78, 5) is 26.4. The first-order chi connectivity index (χ1) is 12.8. The van der Waals surface area contributed by atoms with Crippen molar-refractivity contribution in [1.82, 2.24) is 5.32 Å². The number of carbonyl (C=O) groups is 2. The number of hydrogen-bond acceptors (Lipinski definition) is 3. The lowest BCUT2D eigenvalue weighted by atomic mass is 9.86. The van der Waals surface area contributed by atoms with Crippen molar-refractivity contribution < 1.29 is 9.59 Å². The van der Waals surface area contributed by atoms with Crippen LogP contribution in [0.2, 0.25) is 0 Å². The van der Waals surface area contributed by atoms with Crippen LogP contribution in [0.1, 0.15) is 47.5 Å². The average Bonchev–Trinajstić information content (AvgIpc) is 2.98. The summed E-state index contributed by atoms with van der Waals surface area (Å²) in [5, 5.41) is 5.59. The van der Waals surface area contributed by atoms with E-state index in [9.17, 15) is 9.59 Å². The Morgan fingerprint density at radius 2 is 2.04 bits per heavy atom. The van der Waals surface area contributed by atoms with Crippen LogP contribution in [0.5, 0.6) is 0 Å². The summed E-state index contributed by atoms with van der Waals surface area (Å²) in [5.41, 5.74) is 2.92. The minimum absolute atomic E-state index is 0.0609. The number of nitrogens with one attached hydrogen (secondary N) is 1. The van der Waals surface area contributed by atoms with Crippen molar-refractivity contribution in [2.75, 3.05) is 18.0 Å². The smallest absolute Gasteiger partial charge is 0.259 e. The van der Waals surface area contributed by atoms with E-state index in [2.05, 4.69) is 24.0 Å². The topological polar surface area (TPSA) is 49.4 Å². The zero-order valence-electron chi connectivity index (χ0n) is 14.9. The lowest BCUT2D eigenvalue weighted by Crippen LogP contribution is -2.38. The second kappa shape index (κ2) is 7.04. The zero-order valence-corrected chi connectivity index (χ0v) is 14.9. The highest BCUT2D eigenvalue weighted by molar-refractivity contribution is 6.26. The van der Waals surface area contributed by atoms with E-state index in [0.717, 1.165) is 54.2 Å². The van der Waals surface area contributed by atoms with Gasteiger partial charge < -0.3 is 10.1 Å². The first-order valence-corrected chi connectivity index (χ1v) is 9.42. The Morgan fingerprint density at radius 1 is 1.23 bits per heavy atom. The molecule has 4 rings (SSSR count). The number of carbonyl (C=O) groups excluding carboxylic acids is 2. The number of hydrogen-bond donors (Lipinski definition) is 1. The van der Waals surface area contributed by atoms with Crippen molar-refractivity contribution in [1.29, 1.82) is 0 Å². The van der Waals surface area contributed by atoms with Crippen molar-refractivity contribution in [2.45, 2.75) is 37.6 Å². The van der Waals surface area contributed by atoms with Crippen molar-refractivity contribution in [3.8, 4) is 0 Å². The minimum atomic E-state index is -0.444. The lowest BCUT2D eigenvalue weighted by Gasteiger charge is -2.26. The van der Waals surface area contributed by atoms with Crippen LogP contribution in [0, 0.1) is 0 Å². The van der Waals surface area contributed by atoms with E-state index in [1.807, 2.05) is 18.2 Å². The van der Waals surface area contributed by atoms with Crippen LogP contribution in [0.3, 0.4) is 0 Å². The Kier molecular flexibility index (Phi) is 4.60. The Bertz CT molecular complexity index is 868. The second-order valence-corrected chi connectivity index (χ2v) is 7.17. The van der Waals surface area contributed by atoms with Gasteiger partial charge in [-0.05, 0) is 67.8 Å². The zero-order chi connectivity index (χ0) is 18.1. The molecule has 1 fully saturated rings. The molecule has 2 heterocycles. The largest absolute Gasteiger partial charge is 0.317 e. The Hall–Kier alpha value is -2.46. The van der Waals surface area contributed by atoms with Gasteiger partial charge in [0.2, 0.25) is 0 Å². The molecule has 2 aliphatic heterocycles. The molecule has 4 nitrogen and oxygen atoms in total. The molecule has 0 aliphatic carbocycles. The monoisotopic (exact) mass is 348 g/mol. The maximum atomic E-state index is 13.1. The quantitative estimate of drug-likeness (QED) is 0.638. The summed E-state index contributed by atoms with van der Waals surface area (Å²) in [6, 6.07) is 9.73. The van der Waals surface area contributed by atoms with Gasteiger partial charge in [-0.25, -0.2) is 0 Å². The van der Waals surface area contributed by atoms with Gasteiger partial charge in [-0.1, -0.05) is 24.3 Å². The molecular weight excluding hydrogens is 324 g/mol. The molecule has 1 atom stereocenters. The number of piperidine rings is 1. The Balaban J connectivity index is 1.82. The fraction of sp³-hybridized carbons (Fsp3) is 0.364. The Labute approximate surface area is 153 Å². The summed E-state index contributed by atoms with van der Waals surface area (Å²) in [6.07, 6.45) is 6.23. The van der Waals surface area contributed by atoms with Crippen LogP contribution in [0.4, 0.5) is 5.69 Å². The van der Waals surface area contributed by atoms with Crippen molar-refractivity contribution in [2.24, 2.45) is 0 Å². The maximum absolute atomic E-state index is 13.1. The van der Waals surface area contributed by atoms with Gasteiger partial charge in [0, 0.05) is 10.9 Å². The maximum Gasteiger partial charge on any atom is 0.259 e. The molecule has 2 aromatic rings. The molecule has 4 heteroatoms. The third kappa shape index (κ3) is 2.65. The lowest BCUT2D eigenvalue weighted by molar-refractivity contribution is -0.109. The summed E-state index contributed by atoms with van der Waals surface area (Å²) < 4.78 is 0. The fourth-order valence-corrected chi connectivity index (χ4v) is 4.39. The van der Waals surface area contributed by atoms with Gasteiger partial charge in [0.05, 0.1) is 11.7 Å². The number of anilines is 1. The highest BCUT2D eigenvalue weighted by Crippen LogP contribution is 2.43. The molecule has 0 radical (unpaired) electrons.